The van der Waals surface area contributed by atoms with Gasteiger partial charge in [0.2, 0.25) is 0 Å². The number of carbonyl (C=O) groups is 1. The number of amides is 1. The van der Waals surface area contributed by atoms with Crippen LogP contribution in [0.5, 0.6) is 0 Å². The summed E-state index contributed by atoms with van der Waals surface area (Å²) in [5, 5.41) is 11.1. The number of aliphatic hydroxyl groups is 1. The van der Waals surface area contributed by atoms with E-state index in [4.69, 9.17) is 16.7 Å². The number of nitrogens with zero attached hydrogens (tertiary/aromatic N) is 1. The number of halogens is 2. The van der Waals surface area contributed by atoms with E-state index in [2.05, 4.69) is 22.1 Å². The first kappa shape index (κ1) is 15.0. The Labute approximate surface area is 125 Å². The third-order valence-corrected chi connectivity index (χ3v) is 2.79. The Morgan fingerprint density at radius 2 is 2.10 bits per heavy atom. The van der Waals surface area contributed by atoms with Crippen LogP contribution in [0, 0.1) is 17.7 Å². The zero-order chi connectivity index (χ0) is 15.2. The first-order valence-corrected chi connectivity index (χ1v) is 6.32. The highest BCUT2D eigenvalue weighted by Gasteiger charge is 2.16. The Hall–Kier alpha value is -2.42. The van der Waals surface area contributed by atoms with Crippen molar-refractivity contribution in [2.24, 2.45) is 0 Å². The summed E-state index contributed by atoms with van der Waals surface area (Å²) < 4.78 is 13.6. The minimum atomic E-state index is -0.712. The molecule has 21 heavy (non-hydrogen) atoms. The topological polar surface area (TPSA) is 62.2 Å². The molecule has 4 nitrogen and oxygen atoms in total. The van der Waals surface area contributed by atoms with E-state index in [1.54, 1.807) is 12.1 Å². The van der Waals surface area contributed by atoms with Gasteiger partial charge in [-0.3, -0.25) is 4.79 Å². The first-order valence-electron chi connectivity index (χ1n) is 5.94. The van der Waals surface area contributed by atoms with Gasteiger partial charge in [0.15, 0.2) is 0 Å². The van der Waals surface area contributed by atoms with Crippen molar-refractivity contribution < 1.29 is 14.3 Å². The number of pyridine rings is 1. The molecule has 0 fully saturated rings. The van der Waals surface area contributed by atoms with E-state index < -0.39 is 11.7 Å². The summed E-state index contributed by atoms with van der Waals surface area (Å²) >= 11 is 5.82. The van der Waals surface area contributed by atoms with Crippen molar-refractivity contribution in [1.29, 1.82) is 0 Å². The van der Waals surface area contributed by atoms with Gasteiger partial charge < -0.3 is 10.4 Å². The summed E-state index contributed by atoms with van der Waals surface area (Å²) in [6.45, 7) is -0.289. The fourth-order valence-corrected chi connectivity index (χ4v) is 1.85. The lowest BCUT2D eigenvalue weighted by molar-refractivity contribution is 0.102. The average molecular weight is 305 g/mol. The second kappa shape index (κ2) is 6.84. The molecule has 1 heterocycles. The third-order valence-electron chi connectivity index (χ3n) is 2.48. The lowest BCUT2D eigenvalue weighted by Gasteiger charge is -2.07. The molecule has 1 amide bonds. The fourth-order valence-electron chi connectivity index (χ4n) is 1.60. The van der Waals surface area contributed by atoms with Gasteiger partial charge in [-0.2, -0.15) is 0 Å². The van der Waals surface area contributed by atoms with Gasteiger partial charge in [-0.05, 0) is 30.2 Å². The molecule has 0 aliphatic rings. The maximum atomic E-state index is 13.6. The summed E-state index contributed by atoms with van der Waals surface area (Å²) in [4.78, 5) is 16.1. The molecule has 1 aromatic carbocycles. The minimum Gasteiger partial charge on any atom is -0.384 e. The van der Waals surface area contributed by atoms with Crippen LogP contribution in [0.4, 0.5) is 10.2 Å². The Balaban J connectivity index is 2.24. The van der Waals surface area contributed by atoms with Crippen molar-refractivity contribution in [1.82, 2.24) is 4.98 Å². The molecule has 2 rings (SSSR count). The molecule has 0 atom stereocenters. The first-order chi connectivity index (χ1) is 10.1. The molecule has 0 saturated carbocycles. The molecular weight excluding hydrogens is 295 g/mol. The van der Waals surface area contributed by atoms with Crippen molar-refractivity contribution in [2.45, 2.75) is 0 Å². The number of hydrogen-bond acceptors (Lipinski definition) is 3. The van der Waals surface area contributed by atoms with Crippen LogP contribution in [0.3, 0.4) is 0 Å². The summed E-state index contributed by atoms with van der Waals surface area (Å²) in [6, 6.07) is 8.78. The summed E-state index contributed by atoms with van der Waals surface area (Å²) in [5.74, 6) is 3.86. The van der Waals surface area contributed by atoms with Crippen LogP contribution in [0.25, 0.3) is 0 Å². The molecule has 0 aliphatic carbocycles. The number of carbonyl (C=O) groups excluding carboxylic acids is 1. The van der Waals surface area contributed by atoms with Crippen LogP contribution in [0.1, 0.15) is 16.1 Å². The standard InChI is InChI=1S/C15H10ClFN2O2/c16-11-6-2-7-12(17)14(11)15(21)19-13-8-1-4-10(18-13)5-3-9-20/h1-2,4,6-8,20H,9H2,(H,18,19,21). The smallest absolute Gasteiger partial charge is 0.261 e. The van der Waals surface area contributed by atoms with Crippen LogP contribution in [0.2, 0.25) is 5.02 Å². The van der Waals surface area contributed by atoms with Gasteiger partial charge in [-0.1, -0.05) is 29.7 Å². The maximum Gasteiger partial charge on any atom is 0.261 e. The largest absolute Gasteiger partial charge is 0.384 e. The Morgan fingerprint density at radius 3 is 2.81 bits per heavy atom. The Kier molecular flexibility index (Phi) is 4.88. The van der Waals surface area contributed by atoms with Gasteiger partial charge in [0.05, 0.1) is 10.6 Å². The van der Waals surface area contributed by atoms with E-state index in [9.17, 15) is 9.18 Å². The van der Waals surface area contributed by atoms with E-state index in [0.717, 1.165) is 6.07 Å². The molecule has 0 spiro atoms. The maximum absolute atomic E-state index is 13.6. The highest BCUT2D eigenvalue weighted by Crippen LogP contribution is 2.20. The molecule has 0 bridgehead atoms. The second-order valence-corrected chi connectivity index (χ2v) is 4.33. The lowest BCUT2D eigenvalue weighted by Crippen LogP contribution is -2.15. The highest BCUT2D eigenvalue weighted by atomic mass is 35.5. The number of hydrogen-bond donors (Lipinski definition) is 2. The van der Waals surface area contributed by atoms with Gasteiger partial charge in [0.1, 0.15) is 23.9 Å². The van der Waals surface area contributed by atoms with Crippen molar-refractivity contribution in [2.75, 3.05) is 11.9 Å². The van der Waals surface area contributed by atoms with Crippen molar-refractivity contribution in [3.63, 3.8) is 0 Å². The van der Waals surface area contributed by atoms with Gasteiger partial charge in [-0.25, -0.2) is 9.37 Å². The molecule has 1 aromatic heterocycles. The van der Waals surface area contributed by atoms with Crippen LogP contribution in [-0.2, 0) is 0 Å². The third kappa shape index (κ3) is 3.78. The molecule has 0 saturated heterocycles. The summed E-state index contributed by atoms with van der Waals surface area (Å²) in [5.41, 5.74) is 0.134. The zero-order valence-electron chi connectivity index (χ0n) is 10.7. The van der Waals surface area contributed by atoms with Gasteiger partial charge in [-0.15, -0.1) is 0 Å². The SMILES string of the molecule is O=C(Nc1cccc(C#CCO)n1)c1c(F)cccc1Cl. The number of anilines is 1. The molecule has 0 radical (unpaired) electrons. The predicted molar refractivity (Wildman–Crippen MR) is 77.6 cm³/mol. The van der Waals surface area contributed by atoms with E-state index in [-0.39, 0.29) is 23.0 Å². The van der Waals surface area contributed by atoms with E-state index in [1.165, 1.54) is 18.2 Å². The molecule has 2 aromatic rings. The lowest BCUT2D eigenvalue weighted by atomic mass is 10.2. The Bertz CT molecular complexity index is 718. The van der Waals surface area contributed by atoms with Crippen LogP contribution < -0.4 is 5.32 Å². The number of nitrogens with one attached hydrogen (secondary N) is 1. The number of rotatable bonds is 2. The number of aromatic nitrogens is 1. The monoisotopic (exact) mass is 304 g/mol. The van der Waals surface area contributed by atoms with Gasteiger partial charge >= 0.3 is 0 Å². The molecule has 6 heteroatoms. The number of benzene rings is 1. The molecule has 0 aliphatic heterocycles. The summed E-state index contributed by atoms with van der Waals surface area (Å²) in [6.07, 6.45) is 0. The molecule has 2 N–H and O–H groups in total. The molecule has 0 unspecified atom stereocenters. The second-order valence-electron chi connectivity index (χ2n) is 3.92. The highest BCUT2D eigenvalue weighted by molar-refractivity contribution is 6.34. The predicted octanol–water partition coefficient (Wildman–Crippen LogP) is 2.47. The fraction of sp³-hybridized carbons (Fsp3) is 0.0667. The van der Waals surface area contributed by atoms with E-state index in [0.29, 0.717) is 5.69 Å². The molecular formula is C15H10ClFN2O2. The summed E-state index contributed by atoms with van der Waals surface area (Å²) in [7, 11) is 0. The van der Waals surface area contributed by atoms with Gasteiger partial charge in [0.25, 0.3) is 5.91 Å². The average Bonchev–Trinajstić information content (AvgIpc) is 2.45. The van der Waals surface area contributed by atoms with Crippen LogP contribution >= 0.6 is 11.6 Å². The quantitative estimate of drug-likeness (QED) is 0.838. The van der Waals surface area contributed by atoms with E-state index in [1.807, 2.05) is 0 Å². The van der Waals surface area contributed by atoms with Crippen LogP contribution in [0.15, 0.2) is 36.4 Å². The Morgan fingerprint density at radius 1 is 1.33 bits per heavy atom. The normalized spacial score (nSPS) is 9.67. The number of aliphatic hydroxyl groups excluding tert-OH is 1. The van der Waals surface area contributed by atoms with Crippen molar-refractivity contribution in [3.8, 4) is 11.8 Å². The van der Waals surface area contributed by atoms with Crippen LogP contribution in [-0.4, -0.2) is 22.6 Å². The van der Waals surface area contributed by atoms with Crippen molar-refractivity contribution in [3.05, 3.63) is 58.5 Å². The minimum absolute atomic E-state index is 0.0173. The van der Waals surface area contributed by atoms with Crippen molar-refractivity contribution >= 4 is 23.3 Å². The zero-order valence-corrected chi connectivity index (χ0v) is 11.5. The van der Waals surface area contributed by atoms with E-state index >= 15 is 0 Å². The van der Waals surface area contributed by atoms with Gasteiger partial charge in [0, 0.05) is 0 Å². The molecule has 106 valence electrons.